The van der Waals surface area contributed by atoms with Crippen LogP contribution in [0.2, 0.25) is 5.02 Å². The lowest BCUT2D eigenvalue weighted by atomic mass is 10.2. The first-order valence-electron chi connectivity index (χ1n) is 5.12. The van der Waals surface area contributed by atoms with E-state index in [1.807, 2.05) is 6.07 Å². The van der Waals surface area contributed by atoms with Crippen molar-refractivity contribution < 1.29 is 0 Å². The van der Waals surface area contributed by atoms with Gasteiger partial charge in [0, 0.05) is 12.2 Å². The van der Waals surface area contributed by atoms with E-state index in [9.17, 15) is 0 Å². The topological polar surface area (TPSA) is 48.7 Å². The number of halogens is 1. The predicted molar refractivity (Wildman–Crippen MR) is 59.8 cm³/mol. The van der Waals surface area contributed by atoms with Crippen molar-refractivity contribution in [2.45, 2.75) is 31.7 Å². The summed E-state index contributed by atoms with van der Waals surface area (Å²) in [4.78, 5) is 4.16. The molecule has 3 nitrogen and oxygen atoms in total. The Bertz CT molecular complexity index is 391. The molecule has 15 heavy (non-hydrogen) atoms. The lowest BCUT2D eigenvalue weighted by Crippen LogP contribution is -2.15. The van der Waals surface area contributed by atoms with Crippen LogP contribution < -0.4 is 5.32 Å². The first-order valence-corrected chi connectivity index (χ1v) is 5.50. The molecule has 1 aliphatic rings. The van der Waals surface area contributed by atoms with Crippen LogP contribution in [0, 0.1) is 11.3 Å². The molecule has 1 fully saturated rings. The molecular weight excluding hydrogens is 210 g/mol. The minimum atomic E-state index is 0.437. The molecule has 1 aromatic rings. The summed E-state index contributed by atoms with van der Waals surface area (Å²) in [6.45, 7) is 0. The summed E-state index contributed by atoms with van der Waals surface area (Å²) in [5.41, 5.74) is 0.479. The molecule has 0 amide bonds. The van der Waals surface area contributed by atoms with Crippen LogP contribution in [0.25, 0.3) is 0 Å². The van der Waals surface area contributed by atoms with Crippen molar-refractivity contribution in [1.82, 2.24) is 4.98 Å². The molecule has 1 aromatic heterocycles. The Morgan fingerprint density at radius 3 is 2.87 bits per heavy atom. The Kier molecular flexibility index (Phi) is 3.08. The highest BCUT2D eigenvalue weighted by molar-refractivity contribution is 6.34. The number of hydrogen-bond acceptors (Lipinski definition) is 3. The molecule has 78 valence electrons. The molecule has 1 heterocycles. The Morgan fingerprint density at radius 1 is 1.47 bits per heavy atom. The van der Waals surface area contributed by atoms with Crippen LogP contribution in [0.3, 0.4) is 0 Å². The Hall–Kier alpha value is -1.27. The van der Waals surface area contributed by atoms with E-state index in [1.165, 1.54) is 12.8 Å². The van der Waals surface area contributed by atoms with E-state index in [0.29, 0.717) is 22.4 Å². The van der Waals surface area contributed by atoms with Crippen molar-refractivity contribution in [3.63, 3.8) is 0 Å². The van der Waals surface area contributed by atoms with E-state index in [4.69, 9.17) is 16.9 Å². The lowest BCUT2D eigenvalue weighted by molar-refractivity contribution is 0.750. The van der Waals surface area contributed by atoms with Gasteiger partial charge in [-0.05, 0) is 18.9 Å². The molecule has 4 heteroatoms. The van der Waals surface area contributed by atoms with Gasteiger partial charge in [0.05, 0.1) is 5.56 Å². The molecule has 1 saturated carbocycles. The van der Waals surface area contributed by atoms with Crippen molar-refractivity contribution in [3.05, 3.63) is 22.8 Å². The number of pyridine rings is 1. The Morgan fingerprint density at radius 2 is 2.20 bits per heavy atom. The molecule has 0 aromatic carbocycles. The smallest absolute Gasteiger partial charge is 0.146 e. The number of nitrogens with zero attached hydrogens (tertiary/aromatic N) is 2. The third-order valence-corrected chi connectivity index (χ3v) is 3.09. The van der Waals surface area contributed by atoms with Crippen molar-refractivity contribution in [1.29, 1.82) is 5.26 Å². The second-order valence-electron chi connectivity index (χ2n) is 3.76. The SMILES string of the molecule is N#Cc1ccnc(NC2CCCC2)c1Cl. The molecule has 2 rings (SSSR count). The average molecular weight is 222 g/mol. The molecule has 0 unspecified atom stereocenters. The summed E-state index contributed by atoms with van der Waals surface area (Å²) in [6, 6.07) is 4.14. The monoisotopic (exact) mass is 221 g/mol. The van der Waals surface area contributed by atoms with Gasteiger partial charge in [-0.3, -0.25) is 0 Å². The van der Waals surface area contributed by atoms with Gasteiger partial charge in [-0.25, -0.2) is 4.98 Å². The summed E-state index contributed by atoms with van der Waals surface area (Å²) in [5.74, 6) is 0.641. The third kappa shape index (κ3) is 2.21. The van der Waals surface area contributed by atoms with Crippen molar-refractivity contribution in [2.24, 2.45) is 0 Å². The standard InChI is InChI=1S/C11H12ClN3/c12-10-8(7-13)5-6-14-11(10)15-9-3-1-2-4-9/h5-6,9H,1-4H2,(H,14,15). The molecule has 0 aliphatic heterocycles. The van der Waals surface area contributed by atoms with Crippen LogP contribution in [-0.2, 0) is 0 Å². The van der Waals surface area contributed by atoms with Gasteiger partial charge in [-0.2, -0.15) is 5.26 Å². The molecule has 1 aliphatic carbocycles. The fourth-order valence-corrected chi connectivity index (χ4v) is 2.10. The van der Waals surface area contributed by atoms with E-state index < -0.39 is 0 Å². The van der Waals surface area contributed by atoms with Crippen molar-refractivity contribution in [3.8, 4) is 6.07 Å². The molecular formula is C11H12ClN3. The second-order valence-corrected chi connectivity index (χ2v) is 4.14. The van der Waals surface area contributed by atoms with Crippen molar-refractivity contribution in [2.75, 3.05) is 5.32 Å². The summed E-state index contributed by atoms with van der Waals surface area (Å²) in [7, 11) is 0. The molecule has 0 bridgehead atoms. The van der Waals surface area contributed by atoms with Crippen LogP contribution in [0.15, 0.2) is 12.3 Å². The zero-order valence-corrected chi connectivity index (χ0v) is 9.09. The molecule has 0 saturated heterocycles. The highest BCUT2D eigenvalue weighted by Gasteiger charge is 2.17. The lowest BCUT2D eigenvalue weighted by Gasteiger charge is -2.13. The van der Waals surface area contributed by atoms with E-state index in [-0.39, 0.29) is 0 Å². The van der Waals surface area contributed by atoms with Gasteiger partial charge in [-0.1, -0.05) is 24.4 Å². The van der Waals surface area contributed by atoms with Gasteiger partial charge in [0.25, 0.3) is 0 Å². The molecule has 0 atom stereocenters. The zero-order chi connectivity index (χ0) is 10.7. The maximum atomic E-state index is 8.81. The van der Waals surface area contributed by atoms with Crippen molar-refractivity contribution >= 4 is 17.4 Å². The quantitative estimate of drug-likeness (QED) is 0.835. The van der Waals surface area contributed by atoms with Gasteiger partial charge >= 0.3 is 0 Å². The number of anilines is 1. The summed E-state index contributed by atoms with van der Waals surface area (Å²) in [6.07, 6.45) is 6.45. The van der Waals surface area contributed by atoms with Gasteiger partial charge in [-0.15, -0.1) is 0 Å². The van der Waals surface area contributed by atoms with E-state index in [2.05, 4.69) is 10.3 Å². The van der Waals surface area contributed by atoms with Crippen LogP contribution in [0.1, 0.15) is 31.2 Å². The molecule has 1 N–H and O–H groups in total. The van der Waals surface area contributed by atoms with E-state index in [0.717, 1.165) is 12.8 Å². The summed E-state index contributed by atoms with van der Waals surface area (Å²) >= 11 is 6.04. The minimum absolute atomic E-state index is 0.437. The van der Waals surface area contributed by atoms with E-state index in [1.54, 1.807) is 12.3 Å². The van der Waals surface area contributed by atoms with Crippen LogP contribution in [0.5, 0.6) is 0 Å². The normalized spacial score (nSPS) is 16.3. The van der Waals surface area contributed by atoms with Gasteiger partial charge in [0.2, 0.25) is 0 Å². The Balaban J connectivity index is 2.17. The van der Waals surface area contributed by atoms with Crippen LogP contribution in [-0.4, -0.2) is 11.0 Å². The minimum Gasteiger partial charge on any atom is -0.366 e. The van der Waals surface area contributed by atoms with Gasteiger partial charge in [0.15, 0.2) is 0 Å². The summed E-state index contributed by atoms with van der Waals surface area (Å²) in [5, 5.41) is 12.5. The van der Waals surface area contributed by atoms with Gasteiger partial charge in [0.1, 0.15) is 16.9 Å². The molecule has 0 radical (unpaired) electrons. The summed E-state index contributed by atoms with van der Waals surface area (Å²) < 4.78 is 0. The first-order chi connectivity index (χ1) is 7.31. The van der Waals surface area contributed by atoms with Crippen LogP contribution in [0.4, 0.5) is 5.82 Å². The first kappa shape index (κ1) is 10.3. The highest BCUT2D eigenvalue weighted by Crippen LogP contribution is 2.27. The fraction of sp³-hybridized carbons (Fsp3) is 0.455. The van der Waals surface area contributed by atoms with Gasteiger partial charge < -0.3 is 5.32 Å². The molecule has 0 spiro atoms. The number of nitrogens with one attached hydrogen (secondary N) is 1. The van der Waals surface area contributed by atoms with E-state index >= 15 is 0 Å². The Labute approximate surface area is 94.1 Å². The second kappa shape index (κ2) is 4.50. The zero-order valence-electron chi connectivity index (χ0n) is 8.33. The third-order valence-electron chi connectivity index (χ3n) is 2.71. The van der Waals surface area contributed by atoms with Crippen LogP contribution >= 0.6 is 11.6 Å². The maximum Gasteiger partial charge on any atom is 0.146 e. The number of nitriles is 1. The maximum absolute atomic E-state index is 8.81. The predicted octanol–water partition coefficient (Wildman–Crippen LogP) is 2.96. The highest BCUT2D eigenvalue weighted by atomic mass is 35.5. The number of hydrogen-bond donors (Lipinski definition) is 1. The number of rotatable bonds is 2. The largest absolute Gasteiger partial charge is 0.366 e. The average Bonchev–Trinajstić information content (AvgIpc) is 2.74. The number of aromatic nitrogens is 1. The fourth-order valence-electron chi connectivity index (χ4n) is 1.89.